The maximum Gasteiger partial charge on any atom is 0.306 e. The Hall–Kier alpha value is -1.18. The van der Waals surface area contributed by atoms with Gasteiger partial charge >= 0.3 is 5.97 Å². The van der Waals surface area contributed by atoms with Crippen molar-refractivity contribution in [3.05, 3.63) is 29.0 Å². The van der Waals surface area contributed by atoms with E-state index in [1.807, 2.05) is 0 Å². The summed E-state index contributed by atoms with van der Waals surface area (Å²) in [5, 5.41) is 8.49. The smallest absolute Gasteiger partial charge is 0.306 e. The van der Waals surface area contributed by atoms with Crippen molar-refractivity contribution in [3.8, 4) is 0 Å². The number of rotatable bonds is 7. The zero-order valence-corrected chi connectivity index (χ0v) is 12.3. The van der Waals surface area contributed by atoms with Crippen molar-refractivity contribution in [2.24, 2.45) is 5.92 Å². The predicted molar refractivity (Wildman–Crippen MR) is 72.6 cm³/mol. The number of halogens is 2. The predicted octanol–water partition coefficient (Wildman–Crippen LogP) is 2.26. The molecule has 0 aromatic heterocycles. The third kappa shape index (κ3) is 4.73. The molecule has 5 nitrogen and oxygen atoms in total. The van der Waals surface area contributed by atoms with E-state index in [1.165, 1.54) is 0 Å². The van der Waals surface area contributed by atoms with Crippen LogP contribution in [0, 0.1) is 11.7 Å². The van der Waals surface area contributed by atoms with Crippen LogP contribution >= 0.6 is 11.6 Å². The molecular weight excluding hydrogens is 309 g/mol. The summed E-state index contributed by atoms with van der Waals surface area (Å²) >= 11 is 5.68. The van der Waals surface area contributed by atoms with Crippen molar-refractivity contribution in [2.45, 2.75) is 24.7 Å². The second-order valence-corrected chi connectivity index (χ2v) is 6.50. The maximum atomic E-state index is 12.9. The number of sulfonamides is 1. The summed E-state index contributed by atoms with van der Waals surface area (Å²) in [5.41, 5.74) is 0. The number of carboxylic acid groups (broad SMARTS) is 1. The number of hydrogen-bond donors (Lipinski definition) is 2. The number of hydrogen-bond acceptors (Lipinski definition) is 3. The molecule has 8 heteroatoms. The molecule has 1 unspecified atom stereocenters. The molecule has 0 fully saturated rings. The standard InChI is InChI=1S/C12H15ClFNO4S/c1-8(12(16)17)3-2-6-15-20(18,19)11-5-4-9(14)7-10(11)13/h4-5,7-8,15H,2-3,6H2,1H3,(H,16,17). The normalized spacial score (nSPS) is 13.2. The molecule has 0 saturated carbocycles. The Morgan fingerprint density at radius 2 is 2.15 bits per heavy atom. The molecule has 0 aliphatic carbocycles. The third-order valence-electron chi connectivity index (χ3n) is 2.71. The van der Waals surface area contributed by atoms with Gasteiger partial charge in [0.1, 0.15) is 10.7 Å². The highest BCUT2D eigenvalue weighted by atomic mass is 35.5. The van der Waals surface area contributed by atoms with Crippen molar-refractivity contribution >= 4 is 27.6 Å². The number of nitrogens with one attached hydrogen (secondary N) is 1. The molecule has 0 aliphatic heterocycles. The molecule has 0 spiro atoms. The van der Waals surface area contributed by atoms with Gasteiger partial charge in [0.2, 0.25) is 10.0 Å². The van der Waals surface area contributed by atoms with E-state index in [9.17, 15) is 17.6 Å². The van der Waals surface area contributed by atoms with E-state index in [0.29, 0.717) is 12.8 Å². The first-order chi connectivity index (χ1) is 9.24. The van der Waals surface area contributed by atoms with Gasteiger partial charge in [-0.25, -0.2) is 17.5 Å². The lowest BCUT2D eigenvalue weighted by Crippen LogP contribution is -2.25. The zero-order valence-electron chi connectivity index (χ0n) is 10.8. The quantitative estimate of drug-likeness (QED) is 0.754. The fraction of sp³-hybridized carbons (Fsp3) is 0.417. The molecule has 20 heavy (non-hydrogen) atoms. The lowest BCUT2D eigenvalue weighted by Gasteiger charge is -2.09. The van der Waals surface area contributed by atoms with Gasteiger partial charge in [-0.1, -0.05) is 18.5 Å². The third-order valence-corrected chi connectivity index (χ3v) is 4.65. The molecule has 0 saturated heterocycles. The molecule has 1 aromatic carbocycles. The van der Waals surface area contributed by atoms with Crippen LogP contribution in [-0.4, -0.2) is 26.0 Å². The van der Waals surface area contributed by atoms with E-state index in [4.69, 9.17) is 16.7 Å². The van der Waals surface area contributed by atoms with Gasteiger partial charge in [-0.3, -0.25) is 4.79 Å². The summed E-state index contributed by atoms with van der Waals surface area (Å²) in [4.78, 5) is 10.4. The van der Waals surface area contributed by atoms with Gasteiger partial charge in [-0.15, -0.1) is 0 Å². The lowest BCUT2D eigenvalue weighted by molar-refractivity contribution is -0.141. The summed E-state index contributed by atoms with van der Waals surface area (Å²) in [6.45, 7) is 1.64. The average Bonchev–Trinajstić information content (AvgIpc) is 2.33. The van der Waals surface area contributed by atoms with Gasteiger partial charge < -0.3 is 5.11 Å². The Morgan fingerprint density at radius 3 is 2.70 bits per heavy atom. The van der Waals surface area contributed by atoms with Crippen LogP contribution in [0.3, 0.4) is 0 Å². The van der Waals surface area contributed by atoms with Crippen molar-refractivity contribution in [3.63, 3.8) is 0 Å². The molecule has 1 aromatic rings. The summed E-state index contributed by atoms with van der Waals surface area (Å²) < 4.78 is 39.0. The second kappa shape index (κ2) is 7.01. The van der Waals surface area contributed by atoms with Crippen LogP contribution in [0.25, 0.3) is 0 Å². The molecule has 0 bridgehead atoms. The first-order valence-corrected chi connectivity index (χ1v) is 7.77. The molecule has 2 N–H and O–H groups in total. The Labute approximate surface area is 121 Å². The van der Waals surface area contributed by atoms with Crippen LogP contribution in [-0.2, 0) is 14.8 Å². The largest absolute Gasteiger partial charge is 0.481 e. The molecule has 112 valence electrons. The number of carbonyl (C=O) groups is 1. The SMILES string of the molecule is CC(CCCNS(=O)(=O)c1ccc(F)cc1Cl)C(=O)O. The molecule has 0 radical (unpaired) electrons. The van der Waals surface area contributed by atoms with Crippen LogP contribution in [0.1, 0.15) is 19.8 Å². The summed E-state index contributed by atoms with van der Waals surface area (Å²) in [7, 11) is -3.82. The molecular formula is C12H15ClFNO4S. The van der Waals surface area contributed by atoms with Crippen molar-refractivity contribution in [2.75, 3.05) is 6.54 Å². The molecule has 0 aliphatic rings. The molecule has 0 amide bonds. The van der Waals surface area contributed by atoms with Crippen molar-refractivity contribution in [1.29, 1.82) is 0 Å². The van der Waals surface area contributed by atoms with Crippen LogP contribution in [0.15, 0.2) is 23.1 Å². The van der Waals surface area contributed by atoms with E-state index in [0.717, 1.165) is 18.2 Å². The van der Waals surface area contributed by atoms with Gasteiger partial charge in [-0.2, -0.15) is 0 Å². The lowest BCUT2D eigenvalue weighted by atomic mass is 10.1. The maximum absolute atomic E-state index is 12.9. The summed E-state index contributed by atoms with van der Waals surface area (Å²) in [6.07, 6.45) is 0.737. The molecule has 1 rings (SSSR count). The minimum Gasteiger partial charge on any atom is -0.481 e. The highest BCUT2D eigenvalue weighted by molar-refractivity contribution is 7.89. The number of carboxylic acids is 1. The number of benzene rings is 1. The van der Waals surface area contributed by atoms with Gasteiger partial charge in [0, 0.05) is 6.54 Å². The van der Waals surface area contributed by atoms with Crippen LogP contribution in [0.5, 0.6) is 0 Å². The van der Waals surface area contributed by atoms with E-state index < -0.39 is 27.7 Å². The van der Waals surface area contributed by atoms with Gasteiger partial charge in [-0.05, 0) is 31.0 Å². The fourth-order valence-corrected chi connectivity index (χ4v) is 3.11. The Morgan fingerprint density at radius 1 is 1.50 bits per heavy atom. The van der Waals surface area contributed by atoms with E-state index in [-0.39, 0.29) is 16.5 Å². The van der Waals surface area contributed by atoms with Gasteiger partial charge in [0.15, 0.2) is 0 Å². The van der Waals surface area contributed by atoms with Crippen molar-refractivity contribution in [1.82, 2.24) is 4.72 Å². The Balaban J connectivity index is 2.60. The van der Waals surface area contributed by atoms with Gasteiger partial charge in [0.25, 0.3) is 0 Å². The Kier molecular flexibility index (Phi) is 5.91. The van der Waals surface area contributed by atoms with E-state index in [2.05, 4.69) is 4.72 Å². The van der Waals surface area contributed by atoms with Gasteiger partial charge in [0.05, 0.1) is 10.9 Å². The average molecular weight is 324 g/mol. The first-order valence-electron chi connectivity index (χ1n) is 5.91. The highest BCUT2D eigenvalue weighted by Crippen LogP contribution is 2.21. The molecule has 1 atom stereocenters. The van der Waals surface area contributed by atoms with E-state index in [1.54, 1.807) is 6.92 Å². The highest BCUT2D eigenvalue weighted by Gasteiger charge is 2.18. The topological polar surface area (TPSA) is 83.5 Å². The summed E-state index contributed by atoms with van der Waals surface area (Å²) in [6, 6.07) is 3.01. The second-order valence-electron chi connectivity index (χ2n) is 4.35. The minimum atomic E-state index is -3.82. The fourth-order valence-electron chi connectivity index (χ4n) is 1.51. The minimum absolute atomic E-state index is 0.0909. The Bertz CT molecular complexity index is 591. The monoisotopic (exact) mass is 323 g/mol. The zero-order chi connectivity index (χ0) is 15.3. The van der Waals surface area contributed by atoms with Crippen LogP contribution in [0.2, 0.25) is 5.02 Å². The summed E-state index contributed by atoms with van der Waals surface area (Å²) in [5.74, 6) is -2.08. The van der Waals surface area contributed by atoms with E-state index >= 15 is 0 Å². The van der Waals surface area contributed by atoms with Crippen LogP contribution in [0.4, 0.5) is 4.39 Å². The van der Waals surface area contributed by atoms with Crippen molar-refractivity contribution < 1.29 is 22.7 Å². The first kappa shape index (κ1) is 16.9. The van der Waals surface area contributed by atoms with Crippen LogP contribution < -0.4 is 4.72 Å². The molecule has 0 heterocycles. The number of aliphatic carboxylic acids is 1.